The molecular formula is C19H17BrFNO4. The number of ketones is 1. The van der Waals surface area contributed by atoms with Gasteiger partial charge < -0.3 is 10.1 Å². The Morgan fingerprint density at radius 2 is 1.73 bits per heavy atom. The first kappa shape index (κ1) is 19.8. The van der Waals surface area contributed by atoms with E-state index in [1.807, 2.05) is 0 Å². The van der Waals surface area contributed by atoms with Crippen LogP contribution in [0.15, 0.2) is 53.0 Å². The number of ether oxygens (including phenoxy) is 1. The third kappa shape index (κ3) is 6.07. The SMILES string of the molecule is O=C(CNC(=O)c1ccccc1F)OCCCC(=O)c1ccc(Br)cc1. The third-order valence-electron chi connectivity index (χ3n) is 3.49. The molecule has 0 spiro atoms. The van der Waals surface area contributed by atoms with Crippen molar-refractivity contribution in [2.24, 2.45) is 0 Å². The van der Waals surface area contributed by atoms with Crippen molar-refractivity contribution in [2.75, 3.05) is 13.2 Å². The Morgan fingerprint density at radius 1 is 1.04 bits per heavy atom. The molecule has 0 radical (unpaired) electrons. The van der Waals surface area contributed by atoms with Gasteiger partial charge in [0.15, 0.2) is 5.78 Å². The van der Waals surface area contributed by atoms with Crippen LogP contribution in [0.5, 0.6) is 0 Å². The van der Waals surface area contributed by atoms with E-state index in [-0.39, 0.29) is 30.9 Å². The average molecular weight is 422 g/mol. The highest BCUT2D eigenvalue weighted by atomic mass is 79.9. The molecule has 0 aliphatic rings. The number of hydrogen-bond acceptors (Lipinski definition) is 4. The van der Waals surface area contributed by atoms with Crippen LogP contribution in [0.2, 0.25) is 0 Å². The highest BCUT2D eigenvalue weighted by molar-refractivity contribution is 9.10. The van der Waals surface area contributed by atoms with E-state index in [1.54, 1.807) is 24.3 Å². The minimum absolute atomic E-state index is 0.0404. The van der Waals surface area contributed by atoms with Crippen molar-refractivity contribution < 1.29 is 23.5 Å². The molecule has 136 valence electrons. The summed E-state index contributed by atoms with van der Waals surface area (Å²) < 4.78 is 19.3. The van der Waals surface area contributed by atoms with Gasteiger partial charge >= 0.3 is 5.97 Å². The Labute approximate surface area is 158 Å². The summed E-state index contributed by atoms with van der Waals surface area (Å²) in [5.41, 5.74) is 0.456. The van der Waals surface area contributed by atoms with Gasteiger partial charge in [-0.2, -0.15) is 0 Å². The lowest BCUT2D eigenvalue weighted by atomic mass is 10.1. The van der Waals surface area contributed by atoms with Gasteiger partial charge in [-0.15, -0.1) is 0 Å². The van der Waals surface area contributed by atoms with E-state index in [9.17, 15) is 18.8 Å². The van der Waals surface area contributed by atoms with Gasteiger partial charge in [0, 0.05) is 16.5 Å². The Balaban J connectivity index is 1.66. The lowest BCUT2D eigenvalue weighted by Crippen LogP contribution is -2.31. The van der Waals surface area contributed by atoms with Crippen molar-refractivity contribution in [1.82, 2.24) is 5.32 Å². The molecular weight excluding hydrogens is 405 g/mol. The first-order chi connectivity index (χ1) is 12.5. The maximum Gasteiger partial charge on any atom is 0.325 e. The van der Waals surface area contributed by atoms with Crippen LogP contribution < -0.4 is 5.32 Å². The second kappa shape index (κ2) is 9.82. The summed E-state index contributed by atoms with van der Waals surface area (Å²) in [6, 6.07) is 12.5. The van der Waals surface area contributed by atoms with E-state index in [1.165, 1.54) is 18.2 Å². The molecule has 2 rings (SSSR count). The van der Waals surface area contributed by atoms with E-state index < -0.39 is 17.7 Å². The molecule has 0 heterocycles. The van der Waals surface area contributed by atoms with Crippen molar-refractivity contribution in [3.05, 3.63) is 69.9 Å². The molecule has 26 heavy (non-hydrogen) atoms. The van der Waals surface area contributed by atoms with Gasteiger partial charge in [-0.05, 0) is 30.7 Å². The number of rotatable bonds is 8. The predicted octanol–water partition coefficient (Wildman–Crippen LogP) is 3.52. The molecule has 5 nitrogen and oxygen atoms in total. The largest absolute Gasteiger partial charge is 0.464 e. The Hall–Kier alpha value is -2.54. The molecule has 0 fully saturated rings. The van der Waals surface area contributed by atoms with Crippen LogP contribution in [-0.4, -0.2) is 30.8 Å². The molecule has 1 amide bonds. The summed E-state index contributed by atoms with van der Waals surface area (Å²) in [7, 11) is 0. The molecule has 0 unspecified atom stereocenters. The normalized spacial score (nSPS) is 10.2. The van der Waals surface area contributed by atoms with Gasteiger partial charge in [0.05, 0.1) is 12.2 Å². The third-order valence-corrected chi connectivity index (χ3v) is 4.02. The molecule has 7 heteroatoms. The second-order valence-corrected chi connectivity index (χ2v) is 6.33. The van der Waals surface area contributed by atoms with Crippen molar-refractivity contribution >= 4 is 33.6 Å². The van der Waals surface area contributed by atoms with Crippen LogP contribution in [0, 0.1) is 5.82 Å². The smallest absolute Gasteiger partial charge is 0.325 e. The van der Waals surface area contributed by atoms with Gasteiger partial charge in [-0.25, -0.2) is 4.39 Å². The van der Waals surface area contributed by atoms with Crippen molar-refractivity contribution in [3.63, 3.8) is 0 Å². The number of amides is 1. The van der Waals surface area contributed by atoms with Crippen LogP contribution in [0.1, 0.15) is 33.6 Å². The summed E-state index contributed by atoms with van der Waals surface area (Å²) in [6.07, 6.45) is 0.623. The maximum atomic E-state index is 13.4. The molecule has 0 atom stereocenters. The molecule has 2 aromatic carbocycles. The summed E-state index contributed by atoms with van der Waals surface area (Å²) in [5.74, 6) is -2.04. The van der Waals surface area contributed by atoms with Crippen LogP contribution in [0.3, 0.4) is 0 Å². The molecule has 0 bridgehead atoms. The predicted molar refractivity (Wildman–Crippen MR) is 97.4 cm³/mol. The average Bonchev–Trinajstić information content (AvgIpc) is 2.64. The van der Waals surface area contributed by atoms with Crippen molar-refractivity contribution in [2.45, 2.75) is 12.8 Å². The second-order valence-electron chi connectivity index (χ2n) is 5.42. The van der Waals surface area contributed by atoms with Gasteiger partial charge in [-0.3, -0.25) is 14.4 Å². The zero-order valence-corrected chi connectivity index (χ0v) is 15.4. The number of benzene rings is 2. The lowest BCUT2D eigenvalue weighted by Gasteiger charge is -2.07. The van der Waals surface area contributed by atoms with E-state index in [4.69, 9.17) is 4.74 Å². The van der Waals surface area contributed by atoms with Gasteiger partial charge in [0.1, 0.15) is 12.4 Å². The summed E-state index contributed by atoms with van der Waals surface area (Å²) in [4.78, 5) is 35.3. The van der Waals surface area contributed by atoms with Crippen LogP contribution in [-0.2, 0) is 9.53 Å². The fourth-order valence-corrected chi connectivity index (χ4v) is 2.41. The zero-order valence-electron chi connectivity index (χ0n) is 13.8. The Kier molecular flexibility index (Phi) is 7.47. The molecule has 1 N–H and O–H groups in total. The fraction of sp³-hybridized carbons (Fsp3) is 0.211. The van der Waals surface area contributed by atoms with Gasteiger partial charge in [0.2, 0.25) is 0 Å². The minimum Gasteiger partial charge on any atom is -0.464 e. The lowest BCUT2D eigenvalue weighted by molar-refractivity contribution is -0.142. The molecule has 0 aromatic heterocycles. The standard InChI is InChI=1S/C19H17BrFNO4/c20-14-9-7-13(8-10-14)17(23)6-3-11-26-18(24)12-22-19(25)15-4-1-2-5-16(15)21/h1-2,4-5,7-10H,3,6,11-12H2,(H,22,25). The molecule has 2 aromatic rings. The Morgan fingerprint density at radius 3 is 2.42 bits per heavy atom. The first-order valence-corrected chi connectivity index (χ1v) is 8.74. The van der Waals surface area contributed by atoms with Crippen molar-refractivity contribution in [1.29, 1.82) is 0 Å². The number of esters is 1. The van der Waals surface area contributed by atoms with Crippen LogP contribution >= 0.6 is 15.9 Å². The van der Waals surface area contributed by atoms with E-state index in [0.29, 0.717) is 12.0 Å². The molecule has 0 aliphatic carbocycles. The van der Waals surface area contributed by atoms with Crippen LogP contribution in [0.25, 0.3) is 0 Å². The number of nitrogens with one attached hydrogen (secondary N) is 1. The number of halogens is 2. The van der Waals surface area contributed by atoms with Gasteiger partial charge in [0.25, 0.3) is 5.91 Å². The topological polar surface area (TPSA) is 72.5 Å². The van der Waals surface area contributed by atoms with Gasteiger partial charge in [-0.1, -0.05) is 40.2 Å². The highest BCUT2D eigenvalue weighted by Crippen LogP contribution is 2.12. The zero-order chi connectivity index (χ0) is 18.9. The summed E-state index contributed by atoms with van der Waals surface area (Å²) in [5, 5.41) is 2.30. The van der Waals surface area contributed by atoms with E-state index in [2.05, 4.69) is 21.2 Å². The minimum atomic E-state index is -0.689. The summed E-state index contributed by atoms with van der Waals surface area (Å²) >= 11 is 3.30. The molecule has 0 saturated carbocycles. The van der Waals surface area contributed by atoms with Crippen molar-refractivity contribution in [3.8, 4) is 0 Å². The monoisotopic (exact) mass is 421 g/mol. The highest BCUT2D eigenvalue weighted by Gasteiger charge is 2.12. The fourth-order valence-electron chi connectivity index (χ4n) is 2.14. The quantitative estimate of drug-likeness (QED) is 0.402. The Bertz CT molecular complexity index is 792. The maximum absolute atomic E-state index is 13.4. The number of Topliss-reactive ketones (excluding diaryl/α,β-unsaturated/α-hetero) is 1. The number of hydrogen-bond donors (Lipinski definition) is 1. The molecule has 0 aliphatic heterocycles. The van der Waals surface area contributed by atoms with E-state index in [0.717, 1.165) is 10.5 Å². The van der Waals surface area contributed by atoms with Crippen LogP contribution in [0.4, 0.5) is 4.39 Å². The summed E-state index contributed by atoms with van der Waals surface area (Å²) in [6.45, 7) is -0.301. The van der Waals surface area contributed by atoms with E-state index >= 15 is 0 Å². The molecule has 0 saturated heterocycles. The number of carbonyl (C=O) groups excluding carboxylic acids is 3. The number of carbonyl (C=O) groups is 3. The first-order valence-electron chi connectivity index (χ1n) is 7.94.